The van der Waals surface area contributed by atoms with E-state index in [1.807, 2.05) is 30.3 Å². The zero-order valence-electron chi connectivity index (χ0n) is 10.9. The summed E-state index contributed by atoms with van der Waals surface area (Å²) in [4.78, 5) is 12.6. The van der Waals surface area contributed by atoms with Crippen molar-refractivity contribution in [2.24, 2.45) is 0 Å². The summed E-state index contributed by atoms with van der Waals surface area (Å²) in [5, 5.41) is 10.1. The number of aliphatic hydroxyl groups is 1. The second kappa shape index (κ2) is 5.22. The number of ether oxygens (including phenoxy) is 1. The van der Waals surface area contributed by atoms with E-state index < -0.39 is 0 Å². The predicted molar refractivity (Wildman–Crippen MR) is 74.5 cm³/mol. The van der Waals surface area contributed by atoms with Crippen LogP contribution in [0, 0.1) is 6.92 Å². The van der Waals surface area contributed by atoms with Gasteiger partial charge in [0.1, 0.15) is 5.52 Å². The van der Waals surface area contributed by atoms with Gasteiger partial charge in [0.2, 0.25) is 0 Å². The molecule has 0 unspecified atom stereocenters. The Morgan fingerprint density at radius 2 is 2.00 bits per heavy atom. The molecule has 0 fully saturated rings. The van der Waals surface area contributed by atoms with E-state index in [0.29, 0.717) is 17.0 Å². The molecule has 0 aliphatic heterocycles. The van der Waals surface area contributed by atoms with E-state index >= 15 is 0 Å². The maximum Gasteiger partial charge on any atom is 0.322 e. The third-order valence-electron chi connectivity index (χ3n) is 3.03. The van der Waals surface area contributed by atoms with Crippen molar-refractivity contribution in [2.45, 2.75) is 13.5 Å². The van der Waals surface area contributed by atoms with Gasteiger partial charge < -0.3 is 9.84 Å². The van der Waals surface area contributed by atoms with Gasteiger partial charge in [-0.15, -0.1) is 0 Å². The quantitative estimate of drug-likeness (QED) is 0.790. The highest BCUT2D eigenvalue weighted by atomic mass is 16.5. The molecule has 0 atom stereocenters. The molecule has 3 aromatic rings. The lowest BCUT2D eigenvalue weighted by atomic mass is 10.2. The van der Waals surface area contributed by atoms with Crippen LogP contribution in [0.4, 0.5) is 0 Å². The molecule has 2 heterocycles. The molecule has 0 bridgehead atoms. The highest BCUT2D eigenvalue weighted by Crippen LogP contribution is 2.26. The Bertz CT molecular complexity index is 754. The van der Waals surface area contributed by atoms with E-state index in [9.17, 15) is 0 Å². The Labute approximate surface area is 115 Å². The fraction of sp³-hybridized carbons (Fsp3) is 0.133. The zero-order chi connectivity index (χ0) is 13.9. The summed E-state index contributed by atoms with van der Waals surface area (Å²) < 4.78 is 5.71. The first kappa shape index (κ1) is 12.5. The largest absolute Gasteiger partial charge is 0.422 e. The minimum atomic E-state index is -0.0814. The van der Waals surface area contributed by atoms with Gasteiger partial charge in [-0.25, -0.2) is 4.98 Å². The van der Waals surface area contributed by atoms with Crippen LogP contribution >= 0.6 is 0 Å². The monoisotopic (exact) mass is 267 g/mol. The lowest BCUT2D eigenvalue weighted by Crippen LogP contribution is -1.99. The molecule has 0 spiro atoms. The summed E-state index contributed by atoms with van der Waals surface area (Å²) in [6.45, 7) is 1.73. The van der Waals surface area contributed by atoms with Gasteiger partial charge in [-0.1, -0.05) is 18.2 Å². The van der Waals surface area contributed by atoms with Crippen LogP contribution in [0.5, 0.6) is 11.8 Å². The van der Waals surface area contributed by atoms with Crippen LogP contribution in [0.1, 0.15) is 11.3 Å². The van der Waals surface area contributed by atoms with E-state index in [4.69, 9.17) is 9.84 Å². The Kier molecular flexibility index (Phi) is 3.26. The first-order chi connectivity index (χ1) is 9.78. The van der Waals surface area contributed by atoms with Gasteiger partial charge in [0.25, 0.3) is 0 Å². The molecule has 5 heteroatoms. The number of hydrogen-bond acceptors (Lipinski definition) is 5. The average Bonchev–Trinajstić information content (AvgIpc) is 2.48. The van der Waals surface area contributed by atoms with Gasteiger partial charge >= 0.3 is 6.01 Å². The first-order valence-corrected chi connectivity index (χ1v) is 6.23. The molecule has 1 N–H and O–H groups in total. The summed E-state index contributed by atoms with van der Waals surface area (Å²) in [5.41, 5.74) is 2.15. The Morgan fingerprint density at radius 1 is 1.15 bits per heavy atom. The number of aromatic nitrogens is 3. The number of para-hydroxylation sites is 1. The SMILES string of the molecule is Cc1nc(Oc2cccc3cccnc23)ncc1CO. The summed E-state index contributed by atoms with van der Waals surface area (Å²) >= 11 is 0. The van der Waals surface area contributed by atoms with Gasteiger partial charge in [0.15, 0.2) is 5.75 Å². The fourth-order valence-corrected chi connectivity index (χ4v) is 1.93. The average molecular weight is 267 g/mol. The Balaban J connectivity index is 1.99. The van der Waals surface area contributed by atoms with Gasteiger partial charge in [-0.05, 0) is 19.1 Å². The molecule has 5 nitrogen and oxygen atoms in total. The molecule has 0 saturated heterocycles. The normalized spacial score (nSPS) is 10.7. The second-order valence-corrected chi connectivity index (χ2v) is 4.35. The van der Waals surface area contributed by atoms with E-state index in [2.05, 4.69) is 15.0 Å². The molecule has 0 aliphatic rings. The van der Waals surface area contributed by atoms with Crippen molar-refractivity contribution in [3.05, 3.63) is 54.0 Å². The second-order valence-electron chi connectivity index (χ2n) is 4.35. The van der Waals surface area contributed by atoms with Crippen molar-refractivity contribution < 1.29 is 9.84 Å². The summed E-state index contributed by atoms with van der Waals surface area (Å²) in [7, 11) is 0. The van der Waals surface area contributed by atoms with E-state index in [1.54, 1.807) is 19.3 Å². The highest BCUT2D eigenvalue weighted by Gasteiger charge is 2.08. The summed E-state index contributed by atoms with van der Waals surface area (Å²) in [6.07, 6.45) is 3.28. The van der Waals surface area contributed by atoms with Crippen LogP contribution in [0.25, 0.3) is 10.9 Å². The Morgan fingerprint density at radius 3 is 2.80 bits per heavy atom. The number of pyridine rings is 1. The van der Waals surface area contributed by atoms with Crippen molar-refractivity contribution in [2.75, 3.05) is 0 Å². The first-order valence-electron chi connectivity index (χ1n) is 6.23. The van der Waals surface area contributed by atoms with Crippen LogP contribution in [0.15, 0.2) is 42.7 Å². The molecular formula is C15H13N3O2. The van der Waals surface area contributed by atoms with Crippen molar-refractivity contribution in [3.63, 3.8) is 0 Å². The van der Waals surface area contributed by atoms with Crippen LogP contribution in [0.3, 0.4) is 0 Å². The van der Waals surface area contributed by atoms with Gasteiger partial charge in [0.05, 0.1) is 12.3 Å². The molecule has 0 saturated carbocycles. The van der Waals surface area contributed by atoms with Gasteiger partial charge in [-0.2, -0.15) is 4.98 Å². The molecule has 0 radical (unpaired) electrons. The number of benzene rings is 1. The standard InChI is InChI=1S/C15H13N3O2/c1-10-12(9-19)8-17-15(18-10)20-13-6-2-4-11-5-3-7-16-14(11)13/h2-8,19H,9H2,1H3. The number of nitrogens with zero attached hydrogens (tertiary/aromatic N) is 3. The molecule has 0 amide bonds. The number of aliphatic hydroxyl groups excluding tert-OH is 1. The fourth-order valence-electron chi connectivity index (χ4n) is 1.93. The van der Waals surface area contributed by atoms with Gasteiger partial charge in [-0.3, -0.25) is 4.98 Å². The molecule has 100 valence electrons. The van der Waals surface area contributed by atoms with Crippen molar-refractivity contribution in [1.82, 2.24) is 15.0 Å². The molecule has 0 aliphatic carbocycles. The smallest absolute Gasteiger partial charge is 0.322 e. The van der Waals surface area contributed by atoms with E-state index in [0.717, 1.165) is 10.9 Å². The topological polar surface area (TPSA) is 68.1 Å². The number of fused-ring (bicyclic) bond motifs is 1. The zero-order valence-corrected chi connectivity index (χ0v) is 10.9. The van der Waals surface area contributed by atoms with Crippen molar-refractivity contribution in [3.8, 4) is 11.8 Å². The lowest BCUT2D eigenvalue weighted by molar-refractivity contribution is 0.279. The molecule has 2 aromatic heterocycles. The molecule has 3 rings (SSSR count). The van der Waals surface area contributed by atoms with E-state index in [-0.39, 0.29) is 12.6 Å². The van der Waals surface area contributed by atoms with Gasteiger partial charge in [0, 0.05) is 23.3 Å². The highest BCUT2D eigenvalue weighted by molar-refractivity contribution is 5.84. The maximum absolute atomic E-state index is 9.11. The van der Waals surface area contributed by atoms with Crippen LogP contribution in [-0.4, -0.2) is 20.1 Å². The minimum absolute atomic E-state index is 0.0814. The predicted octanol–water partition coefficient (Wildman–Crippen LogP) is 2.62. The molecular weight excluding hydrogens is 254 g/mol. The Hall–Kier alpha value is -2.53. The van der Waals surface area contributed by atoms with Crippen LogP contribution in [0.2, 0.25) is 0 Å². The van der Waals surface area contributed by atoms with E-state index in [1.165, 1.54) is 0 Å². The number of aryl methyl sites for hydroxylation is 1. The van der Waals surface area contributed by atoms with Crippen molar-refractivity contribution >= 4 is 10.9 Å². The number of rotatable bonds is 3. The summed E-state index contributed by atoms with van der Waals surface area (Å²) in [6, 6.07) is 9.79. The lowest BCUT2D eigenvalue weighted by Gasteiger charge is -2.08. The molecule has 1 aromatic carbocycles. The third kappa shape index (κ3) is 2.31. The van der Waals surface area contributed by atoms with Crippen LogP contribution < -0.4 is 4.74 Å². The maximum atomic E-state index is 9.11. The summed E-state index contributed by atoms with van der Waals surface area (Å²) in [5.74, 6) is 0.610. The van der Waals surface area contributed by atoms with Crippen molar-refractivity contribution in [1.29, 1.82) is 0 Å². The number of hydrogen-bond donors (Lipinski definition) is 1. The third-order valence-corrected chi connectivity index (χ3v) is 3.03. The minimum Gasteiger partial charge on any atom is -0.422 e. The molecule has 20 heavy (non-hydrogen) atoms. The van der Waals surface area contributed by atoms with Crippen LogP contribution in [-0.2, 0) is 6.61 Å².